The Morgan fingerprint density at radius 3 is 2.44 bits per heavy atom. The van der Waals surface area contributed by atoms with Crippen LogP contribution in [0.3, 0.4) is 0 Å². The zero-order chi connectivity index (χ0) is 12.6. The van der Waals surface area contributed by atoms with Gasteiger partial charge in [-0.3, -0.25) is 0 Å². The van der Waals surface area contributed by atoms with Crippen molar-refractivity contribution in [2.24, 2.45) is 5.92 Å². The van der Waals surface area contributed by atoms with Crippen molar-refractivity contribution in [2.45, 2.75) is 70.8 Å². The van der Waals surface area contributed by atoms with Crippen molar-refractivity contribution >= 4 is 0 Å². The first-order chi connectivity index (χ1) is 8.88. The molecule has 0 amide bonds. The van der Waals surface area contributed by atoms with Crippen molar-refractivity contribution in [2.75, 3.05) is 26.2 Å². The van der Waals surface area contributed by atoms with Crippen LogP contribution in [-0.2, 0) is 0 Å². The molecule has 1 saturated carbocycles. The number of nitrogens with zero attached hydrogens (tertiary/aromatic N) is 1. The minimum absolute atomic E-state index is 0.772. The Morgan fingerprint density at radius 1 is 1.00 bits per heavy atom. The van der Waals surface area contributed by atoms with Gasteiger partial charge in [0.2, 0.25) is 0 Å². The highest BCUT2D eigenvalue weighted by atomic mass is 15.1. The lowest BCUT2D eigenvalue weighted by molar-refractivity contribution is 0.211. The summed E-state index contributed by atoms with van der Waals surface area (Å²) in [6.45, 7) is 7.49. The molecule has 2 nitrogen and oxygen atoms in total. The van der Waals surface area contributed by atoms with Crippen molar-refractivity contribution in [1.82, 2.24) is 10.2 Å². The molecule has 1 unspecified atom stereocenters. The summed E-state index contributed by atoms with van der Waals surface area (Å²) < 4.78 is 0. The summed E-state index contributed by atoms with van der Waals surface area (Å²) in [5.41, 5.74) is 0. The van der Waals surface area contributed by atoms with Gasteiger partial charge in [-0.05, 0) is 51.2 Å². The monoisotopic (exact) mass is 252 g/mol. The summed E-state index contributed by atoms with van der Waals surface area (Å²) in [4.78, 5) is 2.72. The third kappa shape index (κ3) is 4.89. The fourth-order valence-electron chi connectivity index (χ4n) is 3.67. The van der Waals surface area contributed by atoms with E-state index in [0.717, 1.165) is 12.0 Å². The fourth-order valence-corrected chi connectivity index (χ4v) is 3.67. The predicted octanol–water partition coefficient (Wildman–Crippen LogP) is 3.42. The maximum Gasteiger partial charge on any atom is 0.0195 e. The molecule has 2 aliphatic rings. The van der Waals surface area contributed by atoms with Gasteiger partial charge in [0, 0.05) is 12.6 Å². The van der Waals surface area contributed by atoms with Crippen LogP contribution < -0.4 is 5.32 Å². The molecular formula is C16H32N2. The van der Waals surface area contributed by atoms with Crippen LogP contribution in [0.15, 0.2) is 0 Å². The van der Waals surface area contributed by atoms with Gasteiger partial charge >= 0.3 is 0 Å². The Labute approximate surface area is 114 Å². The average molecular weight is 252 g/mol. The van der Waals surface area contributed by atoms with E-state index in [1.807, 2.05) is 0 Å². The van der Waals surface area contributed by atoms with Crippen LogP contribution >= 0.6 is 0 Å². The second-order valence-corrected chi connectivity index (χ2v) is 6.39. The normalized spacial score (nSPS) is 26.0. The fraction of sp³-hybridized carbons (Fsp3) is 1.00. The van der Waals surface area contributed by atoms with Gasteiger partial charge in [0.05, 0.1) is 0 Å². The summed E-state index contributed by atoms with van der Waals surface area (Å²) in [5.74, 6) is 1.05. The van der Waals surface area contributed by atoms with Gasteiger partial charge in [-0.25, -0.2) is 0 Å². The highest BCUT2D eigenvalue weighted by Crippen LogP contribution is 2.27. The van der Waals surface area contributed by atoms with Crippen molar-refractivity contribution < 1.29 is 0 Å². The number of nitrogens with one attached hydrogen (secondary N) is 1. The lowest BCUT2D eigenvalue weighted by Gasteiger charge is -2.31. The van der Waals surface area contributed by atoms with Crippen LogP contribution in [-0.4, -0.2) is 37.1 Å². The van der Waals surface area contributed by atoms with Crippen molar-refractivity contribution in [3.8, 4) is 0 Å². The highest BCUT2D eigenvalue weighted by molar-refractivity contribution is 4.77. The zero-order valence-electron chi connectivity index (χ0n) is 12.3. The Balaban J connectivity index is 1.68. The van der Waals surface area contributed by atoms with E-state index in [0.29, 0.717) is 0 Å². The molecule has 0 aromatic rings. The highest BCUT2D eigenvalue weighted by Gasteiger charge is 2.19. The number of hydrogen-bond acceptors (Lipinski definition) is 2. The zero-order valence-corrected chi connectivity index (χ0v) is 12.3. The van der Waals surface area contributed by atoms with Crippen LogP contribution in [0, 0.1) is 5.92 Å². The first-order valence-corrected chi connectivity index (χ1v) is 8.34. The molecule has 1 N–H and O–H groups in total. The molecule has 1 atom stereocenters. The lowest BCUT2D eigenvalue weighted by atomic mass is 10.0. The molecule has 0 spiro atoms. The van der Waals surface area contributed by atoms with Gasteiger partial charge in [0.15, 0.2) is 0 Å². The molecule has 0 radical (unpaired) electrons. The number of rotatable bonds is 7. The molecule has 0 bridgehead atoms. The average Bonchev–Trinajstić information content (AvgIpc) is 2.91. The second kappa shape index (κ2) is 8.16. The molecule has 0 aromatic heterocycles. The van der Waals surface area contributed by atoms with Crippen molar-refractivity contribution in [3.63, 3.8) is 0 Å². The quantitative estimate of drug-likeness (QED) is 0.747. The molecule has 1 saturated heterocycles. The van der Waals surface area contributed by atoms with Crippen LogP contribution in [0.25, 0.3) is 0 Å². The molecule has 2 fully saturated rings. The maximum atomic E-state index is 3.69. The summed E-state index contributed by atoms with van der Waals surface area (Å²) in [7, 11) is 0. The molecule has 2 heteroatoms. The first-order valence-electron chi connectivity index (χ1n) is 8.34. The summed E-state index contributed by atoms with van der Waals surface area (Å²) >= 11 is 0. The van der Waals surface area contributed by atoms with E-state index in [4.69, 9.17) is 0 Å². The predicted molar refractivity (Wildman–Crippen MR) is 78.9 cm³/mol. The van der Waals surface area contributed by atoms with E-state index in [9.17, 15) is 0 Å². The van der Waals surface area contributed by atoms with E-state index >= 15 is 0 Å². The number of hydrogen-bond donors (Lipinski definition) is 1. The third-order valence-electron chi connectivity index (χ3n) is 4.76. The first kappa shape index (κ1) is 14.3. The summed E-state index contributed by atoms with van der Waals surface area (Å²) in [6.07, 6.45) is 12.9. The van der Waals surface area contributed by atoms with Gasteiger partial charge in [0.1, 0.15) is 0 Å². The van der Waals surface area contributed by atoms with E-state index < -0.39 is 0 Å². The molecule has 1 heterocycles. The molecule has 1 aliphatic carbocycles. The van der Waals surface area contributed by atoms with E-state index in [2.05, 4.69) is 17.1 Å². The van der Waals surface area contributed by atoms with Crippen LogP contribution in [0.2, 0.25) is 0 Å². The second-order valence-electron chi connectivity index (χ2n) is 6.39. The Kier molecular flexibility index (Phi) is 6.50. The van der Waals surface area contributed by atoms with Gasteiger partial charge in [-0.2, -0.15) is 0 Å². The minimum atomic E-state index is 0.772. The third-order valence-corrected chi connectivity index (χ3v) is 4.76. The van der Waals surface area contributed by atoms with Gasteiger partial charge in [0.25, 0.3) is 0 Å². The standard InChI is InChI=1S/C16H32N2/c1-2-12-18(13-10-15-7-3-4-8-15)14-16-9-5-6-11-17-16/h15-17H,2-14H2,1H3. The Morgan fingerprint density at radius 2 is 1.78 bits per heavy atom. The van der Waals surface area contributed by atoms with Gasteiger partial charge in [-0.1, -0.05) is 39.0 Å². The SMILES string of the molecule is CCCN(CCC1CCCC1)CC1CCCCN1. The van der Waals surface area contributed by atoms with Crippen LogP contribution in [0.5, 0.6) is 0 Å². The van der Waals surface area contributed by atoms with Gasteiger partial charge < -0.3 is 10.2 Å². The molecule has 2 rings (SSSR count). The molecular weight excluding hydrogens is 220 g/mol. The van der Waals surface area contributed by atoms with E-state index in [-0.39, 0.29) is 0 Å². The molecule has 1 aliphatic heterocycles. The lowest BCUT2D eigenvalue weighted by Crippen LogP contribution is -2.44. The maximum absolute atomic E-state index is 3.69. The van der Waals surface area contributed by atoms with Gasteiger partial charge in [-0.15, -0.1) is 0 Å². The molecule has 0 aromatic carbocycles. The minimum Gasteiger partial charge on any atom is -0.313 e. The molecule has 18 heavy (non-hydrogen) atoms. The van der Waals surface area contributed by atoms with E-state index in [1.54, 1.807) is 0 Å². The summed E-state index contributed by atoms with van der Waals surface area (Å²) in [5, 5.41) is 3.69. The summed E-state index contributed by atoms with van der Waals surface area (Å²) in [6, 6.07) is 0.772. The van der Waals surface area contributed by atoms with Crippen molar-refractivity contribution in [1.29, 1.82) is 0 Å². The topological polar surface area (TPSA) is 15.3 Å². The molecule has 106 valence electrons. The largest absolute Gasteiger partial charge is 0.313 e. The van der Waals surface area contributed by atoms with Crippen LogP contribution in [0.1, 0.15) is 64.7 Å². The van der Waals surface area contributed by atoms with E-state index in [1.165, 1.54) is 84.0 Å². The Hall–Kier alpha value is -0.0800. The van der Waals surface area contributed by atoms with Crippen LogP contribution in [0.4, 0.5) is 0 Å². The Bertz CT molecular complexity index is 205. The number of piperidine rings is 1. The smallest absolute Gasteiger partial charge is 0.0195 e. The van der Waals surface area contributed by atoms with Crippen molar-refractivity contribution in [3.05, 3.63) is 0 Å².